The van der Waals surface area contributed by atoms with Gasteiger partial charge in [0.15, 0.2) is 61.6 Å². The molecule has 0 N–H and O–H groups in total. The molecule has 3 fully saturated rings. The summed E-state index contributed by atoms with van der Waals surface area (Å²) in [5, 5.41) is 0. The zero-order valence-corrected chi connectivity index (χ0v) is 41.1. The molecule has 15 atom stereocenters. The Morgan fingerprint density at radius 1 is 0.353 bits per heavy atom. The average Bonchev–Trinajstić information content (AvgIpc) is 3.20. The first-order chi connectivity index (χ1) is 31.9. The highest BCUT2D eigenvalue weighted by atomic mass is 127. The molecule has 0 saturated carbocycles. The third kappa shape index (κ3) is 17.9. The lowest BCUT2D eigenvalue weighted by molar-refractivity contribution is -0.380. The van der Waals surface area contributed by atoms with Crippen molar-refractivity contribution in [2.24, 2.45) is 0 Å². The summed E-state index contributed by atoms with van der Waals surface area (Å²) in [7, 11) is 0. The van der Waals surface area contributed by atoms with E-state index in [0.29, 0.717) is 10.8 Å². The number of hydrogen-bond donors (Lipinski definition) is 0. The molecule has 3 rings (SSSR count). The van der Waals surface area contributed by atoms with Crippen molar-refractivity contribution in [3.05, 3.63) is 0 Å². The highest BCUT2D eigenvalue weighted by molar-refractivity contribution is 14.1. The summed E-state index contributed by atoms with van der Waals surface area (Å²) in [5.41, 5.74) is 0. The largest absolute Gasteiger partial charge is 0.463 e. The minimum Gasteiger partial charge on any atom is -0.463 e. The van der Waals surface area contributed by atoms with Crippen LogP contribution in [0.2, 0.25) is 0 Å². The zero-order valence-electron chi connectivity index (χ0n) is 38.9. The molecule has 0 aliphatic carbocycles. The Morgan fingerprint density at radius 3 is 0.926 bits per heavy atom. The fourth-order valence-corrected chi connectivity index (χ4v) is 7.46. The standard InChI is InChI=1S/C41H57IO26/c1-17(43)54-14-27-30(57-20(4)46)33(58-21(5)47)37(62-25(9)51)40(65-27)68-32-29(16-56-19(3)45)66-41(38(63-26(10)52)35(32)60-23(7)49)67-31-28(15-55-18(2)44)64-39(53-13-11-12-42)36(61-24(8)50)34(31)59-22(6)48/h27-41H,11-16H2,1-10H3/t27-,28-,29-,30+,31-,32+,33+,34+,35+,36-,37-,38-,39-,40-,41+/m1/s1. The smallest absolute Gasteiger partial charge is 0.303 e. The van der Waals surface area contributed by atoms with E-state index in [0.717, 1.165) is 69.2 Å². The third-order valence-corrected chi connectivity index (χ3v) is 10.1. The van der Waals surface area contributed by atoms with Crippen molar-refractivity contribution in [3.8, 4) is 0 Å². The van der Waals surface area contributed by atoms with Crippen LogP contribution in [0, 0.1) is 0 Å². The molecule has 0 bridgehead atoms. The molecule has 3 saturated heterocycles. The molecule has 0 aromatic rings. The number of alkyl halides is 1. The molecule has 0 spiro atoms. The summed E-state index contributed by atoms with van der Waals surface area (Å²) in [4.78, 5) is 125. The minimum atomic E-state index is -1.99. The normalized spacial score (nSPS) is 31.1. The summed E-state index contributed by atoms with van der Waals surface area (Å²) in [6.07, 6.45) is -25.4. The van der Waals surface area contributed by atoms with Gasteiger partial charge in [-0.1, -0.05) is 22.6 Å². The lowest BCUT2D eigenvalue weighted by Gasteiger charge is -2.50. The second-order valence-corrected chi connectivity index (χ2v) is 16.2. The first-order valence-electron chi connectivity index (χ1n) is 21.0. The maximum absolute atomic E-state index is 13.0. The van der Waals surface area contributed by atoms with Gasteiger partial charge in [-0.2, -0.15) is 0 Å². The Bertz CT molecular complexity index is 1810. The van der Waals surface area contributed by atoms with Crippen molar-refractivity contribution < 1.29 is 124 Å². The zero-order chi connectivity index (χ0) is 51.0. The molecule has 0 aromatic heterocycles. The minimum absolute atomic E-state index is 0.0626. The van der Waals surface area contributed by atoms with Crippen LogP contribution < -0.4 is 0 Å². The highest BCUT2D eigenvalue weighted by Gasteiger charge is 2.60. The molecule has 0 radical (unpaired) electrons. The number of hydrogen-bond acceptors (Lipinski definition) is 26. The summed E-state index contributed by atoms with van der Waals surface area (Å²) in [6, 6.07) is 0. The van der Waals surface area contributed by atoms with E-state index in [1.54, 1.807) is 0 Å². The van der Waals surface area contributed by atoms with E-state index in [4.69, 9.17) is 75.8 Å². The van der Waals surface area contributed by atoms with Crippen LogP contribution in [-0.4, -0.2) is 183 Å². The summed E-state index contributed by atoms with van der Waals surface area (Å²) < 4.78 is 92.9. The quantitative estimate of drug-likeness (QED) is 0.0479. The van der Waals surface area contributed by atoms with Gasteiger partial charge in [-0.3, -0.25) is 47.9 Å². The Hall–Kier alpha value is -4.81. The summed E-state index contributed by atoms with van der Waals surface area (Å²) >= 11 is 2.10. The van der Waals surface area contributed by atoms with Crippen LogP contribution in [0.3, 0.4) is 0 Å². The van der Waals surface area contributed by atoms with Crippen LogP contribution in [-0.2, 0) is 124 Å². The predicted molar refractivity (Wildman–Crippen MR) is 224 cm³/mol. The number of carbonyl (C=O) groups excluding carboxylic acids is 10. The van der Waals surface area contributed by atoms with Crippen molar-refractivity contribution in [1.29, 1.82) is 0 Å². The highest BCUT2D eigenvalue weighted by Crippen LogP contribution is 2.38. The van der Waals surface area contributed by atoms with E-state index < -0.39 is 172 Å². The fraction of sp³-hybridized carbons (Fsp3) is 0.756. The third-order valence-electron chi connectivity index (χ3n) is 9.38. The predicted octanol–water partition coefficient (Wildman–Crippen LogP) is -0.0156. The topological polar surface area (TPSA) is 318 Å². The molecule has 0 unspecified atom stereocenters. The van der Waals surface area contributed by atoms with Gasteiger partial charge in [0, 0.05) is 73.7 Å². The summed E-state index contributed by atoms with van der Waals surface area (Å²) in [6.45, 7) is 8.18. The lowest BCUT2D eigenvalue weighted by Crippen LogP contribution is -2.69. The summed E-state index contributed by atoms with van der Waals surface area (Å²) in [5.74, 6) is -9.27. The second-order valence-electron chi connectivity index (χ2n) is 15.2. The Balaban J connectivity index is 2.30. The molecule has 68 heavy (non-hydrogen) atoms. The van der Waals surface area contributed by atoms with E-state index >= 15 is 0 Å². The number of esters is 10. The number of halogens is 1. The Labute approximate surface area is 403 Å². The van der Waals surface area contributed by atoms with Gasteiger partial charge in [-0.05, 0) is 6.42 Å². The van der Waals surface area contributed by atoms with Gasteiger partial charge in [-0.15, -0.1) is 0 Å². The van der Waals surface area contributed by atoms with Crippen LogP contribution >= 0.6 is 22.6 Å². The fourth-order valence-electron chi connectivity index (χ4n) is 7.14. The average molecular weight is 1090 g/mol. The number of carbonyl (C=O) groups is 10. The van der Waals surface area contributed by atoms with Crippen LogP contribution in [0.25, 0.3) is 0 Å². The van der Waals surface area contributed by atoms with Gasteiger partial charge < -0.3 is 75.8 Å². The monoisotopic (exact) mass is 1090 g/mol. The molecule has 0 amide bonds. The van der Waals surface area contributed by atoms with Crippen molar-refractivity contribution in [3.63, 3.8) is 0 Å². The molecular weight excluding hydrogens is 1040 g/mol. The van der Waals surface area contributed by atoms with E-state index in [-0.39, 0.29) is 6.61 Å². The van der Waals surface area contributed by atoms with Crippen LogP contribution in [0.15, 0.2) is 0 Å². The van der Waals surface area contributed by atoms with Gasteiger partial charge >= 0.3 is 59.7 Å². The van der Waals surface area contributed by atoms with Crippen LogP contribution in [0.1, 0.15) is 75.7 Å². The van der Waals surface area contributed by atoms with E-state index in [1.807, 2.05) is 0 Å². The Kier molecular flexibility index (Phi) is 23.2. The van der Waals surface area contributed by atoms with Crippen molar-refractivity contribution in [1.82, 2.24) is 0 Å². The van der Waals surface area contributed by atoms with Gasteiger partial charge in [0.05, 0.1) is 6.61 Å². The molecule has 3 aliphatic heterocycles. The van der Waals surface area contributed by atoms with Crippen molar-refractivity contribution in [2.45, 2.75) is 168 Å². The number of rotatable bonds is 21. The molecule has 3 heterocycles. The van der Waals surface area contributed by atoms with Gasteiger partial charge in [0.2, 0.25) is 0 Å². The number of ether oxygens (including phenoxy) is 16. The first kappa shape index (κ1) is 57.5. The SMILES string of the molecule is CC(=O)OC[C@H]1O[C@H](O[C@@H]2[C@H](OC(C)=O)[C@@H](OC(C)=O)[C@H](O[C@H]3[C@H](OC(C)=O)[C@@H](OC(C)=O)[C@H](OCCCI)O[C@@H]3COC(C)=O)O[C@@H]2COC(C)=O)[C@H](OC(C)=O)[C@@H](OC(C)=O)[C@H]1OC(C)=O. The molecule has 3 aliphatic rings. The van der Waals surface area contributed by atoms with Crippen molar-refractivity contribution >= 4 is 82.3 Å². The van der Waals surface area contributed by atoms with Gasteiger partial charge in [-0.25, -0.2) is 0 Å². The first-order valence-corrected chi connectivity index (χ1v) is 22.5. The maximum Gasteiger partial charge on any atom is 0.303 e. The van der Waals surface area contributed by atoms with E-state index in [1.165, 1.54) is 0 Å². The van der Waals surface area contributed by atoms with Crippen molar-refractivity contribution in [2.75, 3.05) is 30.9 Å². The molecule has 27 heteroatoms. The lowest BCUT2D eigenvalue weighted by atomic mass is 9.95. The molecule has 26 nitrogen and oxygen atoms in total. The van der Waals surface area contributed by atoms with E-state index in [9.17, 15) is 47.9 Å². The second kappa shape index (κ2) is 27.4. The van der Waals surface area contributed by atoms with Gasteiger partial charge in [0.25, 0.3) is 0 Å². The van der Waals surface area contributed by atoms with E-state index in [2.05, 4.69) is 22.6 Å². The molecule has 0 aromatic carbocycles. The van der Waals surface area contributed by atoms with Crippen LogP contribution in [0.4, 0.5) is 0 Å². The molecule has 384 valence electrons. The Morgan fingerprint density at radius 2 is 0.618 bits per heavy atom. The van der Waals surface area contributed by atoms with Crippen LogP contribution in [0.5, 0.6) is 0 Å². The molecular formula is C41H57IO26. The van der Waals surface area contributed by atoms with Gasteiger partial charge in [0.1, 0.15) is 50.3 Å². The maximum atomic E-state index is 13.0.